The van der Waals surface area contributed by atoms with Gasteiger partial charge in [0.15, 0.2) is 0 Å². The van der Waals surface area contributed by atoms with E-state index in [2.05, 4.69) is 53.8 Å². The molecule has 0 atom stereocenters. The van der Waals surface area contributed by atoms with Gasteiger partial charge in [0.2, 0.25) is 0 Å². The topological polar surface area (TPSA) is 41.1 Å². The van der Waals surface area contributed by atoms with Crippen LogP contribution < -0.4 is 5.32 Å². The molecule has 0 amide bonds. The SMILES string of the molecule is CCCNc1nc(CN(C)C)nc(C2CCCC2)c1I. The van der Waals surface area contributed by atoms with E-state index in [1.807, 2.05) is 0 Å². The predicted molar refractivity (Wildman–Crippen MR) is 92.1 cm³/mol. The van der Waals surface area contributed by atoms with Crippen molar-refractivity contribution in [3.05, 3.63) is 15.1 Å². The third-order valence-electron chi connectivity index (χ3n) is 3.67. The summed E-state index contributed by atoms with van der Waals surface area (Å²) in [5, 5.41) is 3.46. The second-order valence-corrected chi connectivity index (χ2v) is 6.91. The molecular formula is C15H25IN4. The summed E-state index contributed by atoms with van der Waals surface area (Å²) in [4.78, 5) is 11.7. The second-order valence-electron chi connectivity index (χ2n) is 5.83. The Balaban J connectivity index is 2.31. The van der Waals surface area contributed by atoms with E-state index in [9.17, 15) is 0 Å². The summed E-state index contributed by atoms with van der Waals surface area (Å²) in [6.45, 7) is 3.95. The van der Waals surface area contributed by atoms with Crippen molar-refractivity contribution < 1.29 is 0 Å². The number of rotatable bonds is 6. The smallest absolute Gasteiger partial charge is 0.145 e. The van der Waals surface area contributed by atoms with Crippen LogP contribution in [0.4, 0.5) is 5.82 Å². The molecule has 4 nitrogen and oxygen atoms in total. The van der Waals surface area contributed by atoms with Crippen molar-refractivity contribution >= 4 is 28.4 Å². The fourth-order valence-corrected chi connectivity index (χ4v) is 3.57. The maximum absolute atomic E-state index is 4.86. The van der Waals surface area contributed by atoms with Crippen molar-refractivity contribution in [1.82, 2.24) is 14.9 Å². The summed E-state index contributed by atoms with van der Waals surface area (Å²) >= 11 is 2.42. The Morgan fingerprint density at radius 3 is 2.55 bits per heavy atom. The maximum atomic E-state index is 4.86. The van der Waals surface area contributed by atoms with Crippen molar-refractivity contribution in [2.75, 3.05) is 26.0 Å². The fourth-order valence-electron chi connectivity index (χ4n) is 2.70. The molecule has 1 aromatic rings. The van der Waals surface area contributed by atoms with Gasteiger partial charge in [-0.05, 0) is 55.9 Å². The van der Waals surface area contributed by atoms with E-state index in [1.165, 1.54) is 34.9 Å². The van der Waals surface area contributed by atoms with Crippen LogP contribution in [0.5, 0.6) is 0 Å². The van der Waals surface area contributed by atoms with Gasteiger partial charge in [-0.2, -0.15) is 0 Å². The molecule has 0 unspecified atom stereocenters. The van der Waals surface area contributed by atoms with E-state index in [-0.39, 0.29) is 0 Å². The van der Waals surface area contributed by atoms with Crippen LogP contribution in [0.2, 0.25) is 0 Å². The number of aromatic nitrogens is 2. The maximum Gasteiger partial charge on any atom is 0.145 e. The van der Waals surface area contributed by atoms with Gasteiger partial charge in [0.1, 0.15) is 11.6 Å². The van der Waals surface area contributed by atoms with Gasteiger partial charge in [0.25, 0.3) is 0 Å². The van der Waals surface area contributed by atoms with Crippen LogP contribution in [-0.2, 0) is 6.54 Å². The van der Waals surface area contributed by atoms with Crippen molar-refractivity contribution in [3.63, 3.8) is 0 Å². The minimum absolute atomic E-state index is 0.632. The van der Waals surface area contributed by atoms with Gasteiger partial charge in [0.05, 0.1) is 15.8 Å². The van der Waals surface area contributed by atoms with Crippen molar-refractivity contribution in [2.45, 2.75) is 51.5 Å². The van der Waals surface area contributed by atoms with Crippen LogP contribution >= 0.6 is 22.6 Å². The summed E-state index contributed by atoms with van der Waals surface area (Å²) in [5.74, 6) is 2.60. The molecule has 1 N–H and O–H groups in total. The molecule has 0 bridgehead atoms. The Kier molecular flexibility index (Phi) is 6.01. The monoisotopic (exact) mass is 388 g/mol. The zero-order valence-electron chi connectivity index (χ0n) is 12.7. The Labute approximate surface area is 135 Å². The van der Waals surface area contributed by atoms with Gasteiger partial charge < -0.3 is 10.2 Å². The Hall–Kier alpha value is -0.430. The first-order valence-electron chi connectivity index (χ1n) is 7.56. The Bertz CT molecular complexity index is 442. The Morgan fingerprint density at radius 1 is 1.25 bits per heavy atom. The van der Waals surface area contributed by atoms with Crippen LogP contribution in [0.1, 0.15) is 56.5 Å². The number of halogens is 1. The van der Waals surface area contributed by atoms with Crippen LogP contribution in [0.25, 0.3) is 0 Å². The summed E-state index contributed by atoms with van der Waals surface area (Å²) in [6, 6.07) is 0. The molecule has 1 aliphatic carbocycles. The molecule has 112 valence electrons. The average molecular weight is 388 g/mol. The molecule has 1 heterocycles. The molecule has 20 heavy (non-hydrogen) atoms. The van der Waals surface area contributed by atoms with Crippen molar-refractivity contribution in [2.24, 2.45) is 0 Å². The number of nitrogens with zero attached hydrogens (tertiary/aromatic N) is 3. The highest BCUT2D eigenvalue weighted by atomic mass is 127. The third kappa shape index (κ3) is 4.04. The van der Waals surface area contributed by atoms with Crippen molar-refractivity contribution in [1.29, 1.82) is 0 Å². The predicted octanol–water partition coefficient (Wildman–Crippen LogP) is 3.62. The van der Waals surface area contributed by atoms with Crippen molar-refractivity contribution in [3.8, 4) is 0 Å². The molecule has 5 heteroatoms. The van der Waals surface area contributed by atoms with E-state index >= 15 is 0 Å². The molecule has 1 aromatic heterocycles. The van der Waals surface area contributed by atoms with Crippen LogP contribution in [0.3, 0.4) is 0 Å². The molecule has 0 aliphatic heterocycles. The highest BCUT2D eigenvalue weighted by molar-refractivity contribution is 14.1. The van der Waals surface area contributed by atoms with Gasteiger partial charge in [-0.15, -0.1) is 0 Å². The summed E-state index contributed by atoms with van der Waals surface area (Å²) in [7, 11) is 4.13. The van der Waals surface area contributed by atoms with Crippen LogP contribution in [0, 0.1) is 3.57 Å². The van der Waals surface area contributed by atoms with E-state index in [0.717, 1.165) is 31.2 Å². The van der Waals surface area contributed by atoms with Crippen LogP contribution in [0.15, 0.2) is 0 Å². The second kappa shape index (κ2) is 7.54. The summed E-state index contributed by atoms with van der Waals surface area (Å²) in [6.07, 6.45) is 6.35. The fraction of sp³-hybridized carbons (Fsp3) is 0.733. The molecule has 0 aromatic carbocycles. The average Bonchev–Trinajstić information content (AvgIpc) is 2.92. The lowest BCUT2D eigenvalue weighted by Crippen LogP contribution is -2.17. The van der Waals surface area contributed by atoms with Gasteiger partial charge in [-0.3, -0.25) is 0 Å². The summed E-state index contributed by atoms with van der Waals surface area (Å²) in [5.41, 5.74) is 1.27. The lowest BCUT2D eigenvalue weighted by Gasteiger charge is -2.17. The minimum Gasteiger partial charge on any atom is -0.369 e. The number of hydrogen-bond acceptors (Lipinski definition) is 4. The van der Waals surface area contributed by atoms with E-state index in [4.69, 9.17) is 9.97 Å². The zero-order valence-corrected chi connectivity index (χ0v) is 14.9. The molecule has 0 saturated heterocycles. The van der Waals surface area contributed by atoms with E-state index in [0.29, 0.717) is 5.92 Å². The minimum atomic E-state index is 0.632. The van der Waals surface area contributed by atoms with E-state index < -0.39 is 0 Å². The molecule has 0 spiro atoms. The zero-order chi connectivity index (χ0) is 14.5. The van der Waals surface area contributed by atoms with E-state index in [1.54, 1.807) is 0 Å². The standard InChI is InChI=1S/C15H25IN4/c1-4-9-17-15-13(16)14(11-7-5-6-8-11)18-12(19-15)10-20(2)3/h11H,4-10H2,1-3H3,(H,17,18,19). The van der Waals surface area contributed by atoms with Gasteiger partial charge in [-0.25, -0.2) is 9.97 Å². The quantitative estimate of drug-likeness (QED) is 0.756. The lowest BCUT2D eigenvalue weighted by atomic mass is 10.0. The molecule has 2 rings (SSSR count). The Morgan fingerprint density at radius 2 is 1.95 bits per heavy atom. The first kappa shape index (κ1) is 15.9. The van der Waals surface area contributed by atoms with Gasteiger partial charge >= 0.3 is 0 Å². The normalized spacial score (nSPS) is 16.1. The third-order valence-corrected chi connectivity index (χ3v) is 4.73. The molecule has 1 fully saturated rings. The lowest BCUT2D eigenvalue weighted by molar-refractivity contribution is 0.389. The molecular weight excluding hydrogens is 363 g/mol. The number of anilines is 1. The first-order chi connectivity index (χ1) is 9.61. The number of hydrogen-bond donors (Lipinski definition) is 1. The largest absolute Gasteiger partial charge is 0.369 e. The molecule has 0 radical (unpaired) electrons. The van der Waals surface area contributed by atoms with Gasteiger partial charge in [0, 0.05) is 12.5 Å². The van der Waals surface area contributed by atoms with Crippen LogP contribution in [-0.4, -0.2) is 35.5 Å². The first-order valence-corrected chi connectivity index (χ1v) is 8.64. The molecule has 1 aliphatic rings. The number of nitrogens with one attached hydrogen (secondary N) is 1. The van der Waals surface area contributed by atoms with Gasteiger partial charge in [-0.1, -0.05) is 19.8 Å². The molecule has 1 saturated carbocycles. The summed E-state index contributed by atoms with van der Waals surface area (Å²) < 4.78 is 1.23. The highest BCUT2D eigenvalue weighted by Crippen LogP contribution is 2.36. The highest BCUT2D eigenvalue weighted by Gasteiger charge is 2.23.